The van der Waals surface area contributed by atoms with Crippen LogP contribution in [0.15, 0.2) is 64.5 Å². The Hall–Kier alpha value is -1.61. The number of ether oxygens (including phenoxy) is 1. The Morgan fingerprint density at radius 3 is 2.57 bits per heavy atom. The van der Waals surface area contributed by atoms with Crippen molar-refractivity contribution in [1.29, 1.82) is 0 Å². The zero-order valence-electron chi connectivity index (χ0n) is 16.5. The minimum atomic E-state index is -1.02. The molecule has 152 valence electrons. The second kappa shape index (κ2) is 10.2. The number of para-hydroxylation sites is 1. The third-order valence-electron chi connectivity index (χ3n) is 4.50. The van der Waals surface area contributed by atoms with Crippen LogP contribution in [-0.4, -0.2) is 35.1 Å². The highest BCUT2D eigenvalue weighted by Crippen LogP contribution is 2.39. The minimum Gasteiger partial charge on any atom is -0.487 e. The van der Waals surface area contributed by atoms with Gasteiger partial charge in [-0.15, -0.1) is 24.0 Å². The van der Waals surface area contributed by atoms with Crippen molar-refractivity contribution in [2.24, 2.45) is 4.99 Å². The van der Waals surface area contributed by atoms with Crippen LogP contribution in [0, 0.1) is 0 Å². The molecule has 2 aromatic rings. The maximum absolute atomic E-state index is 12.3. The number of nitrogens with zero attached hydrogens (tertiary/aromatic N) is 1. The summed E-state index contributed by atoms with van der Waals surface area (Å²) in [4.78, 5) is 5.18. The number of rotatable bonds is 5. The average molecular weight is 513 g/mol. The summed E-state index contributed by atoms with van der Waals surface area (Å²) in [6.07, 6.45) is 0.834. The monoisotopic (exact) mass is 513 g/mol. The molecule has 0 fully saturated rings. The van der Waals surface area contributed by atoms with Crippen molar-refractivity contribution in [2.45, 2.75) is 36.8 Å². The van der Waals surface area contributed by atoms with Gasteiger partial charge in [-0.25, -0.2) is 0 Å². The van der Waals surface area contributed by atoms with Gasteiger partial charge in [0.25, 0.3) is 0 Å². The lowest BCUT2D eigenvalue weighted by molar-refractivity contribution is 0.0694. The highest BCUT2D eigenvalue weighted by molar-refractivity contribution is 14.0. The summed E-state index contributed by atoms with van der Waals surface area (Å²) >= 11 is 0. The van der Waals surface area contributed by atoms with Crippen molar-refractivity contribution in [3.63, 3.8) is 0 Å². The fourth-order valence-corrected chi connectivity index (χ4v) is 4.23. The van der Waals surface area contributed by atoms with Gasteiger partial charge >= 0.3 is 0 Å². The summed E-state index contributed by atoms with van der Waals surface area (Å²) in [6, 6.07) is 17.7. The van der Waals surface area contributed by atoms with Crippen molar-refractivity contribution in [3.05, 3.63) is 60.2 Å². The summed E-state index contributed by atoms with van der Waals surface area (Å²) in [7, 11) is 0.727. The molecule has 0 radical (unpaired) electrons. The molecule has 7 heteroatoms. The molecule has 2 atom stereocenters. The van der Waals surface area contributed by atoms with E-state index in [9.17, 15) is 4.21 Å². The first kappa shape index (κ1) is 22.7. The van der Waals surface area contributed by atoms with Crippen LogP contribution >= 0.6 is 24.0 Å². The predicted molar refractivity (Wildman–Crippen MR) is 126 cm³/mol. The number of halogens is 1. The van der Waals surface area contributed by atoms with E-state index >= 15 is 0 Å². The van der Waals surface area contributed by atoms with Gasteiger partial charge in [-0.1, -0.05) is 36.4 Å². The predicted octanol–water partition coefficient (Wildman–Crippen LogP) is 3.88. The number of guanidine groups is 1. The van der Waals surface area contributed by atoms with Crippen LogP contribution in [0.2, 0.25) is 0 Å². The third kappa shape index (κ3) is 5.94. The van der Waals surface area contributed by atoms with Crippen molar-refractivity contribution in [1.82, 2.24) is 10.6 Å². The quantitative estimate of drug-likeness (QED) is 0.362. The molecule has 0 amide bonds. The van der Waals surface area contributed by atoms with Crippen LogP contribution in [0.5, 0.6) is 5.75 Å². The lowest BCUT2D eigenvalue weighted by atomic mass is 9.90. The largest absolute Gasteiger partial charge is 0.487 e. The topological polar surface area (TPSA) is 62.7 Å². The highest BCUT2D eigenvalue weighted by atomic mass is 127. The third-order valence-corrected chi connectivity index (χ3v) is 5.87. The van der Waals surface area contributed by atoms with Crippen LogP contribution in [0.4, 0.5) is 0 Å². The summed E-state index contributed by atoms with van der Waals surface area (Å²) in [5.74, 6) is 2.14. The summed E-state index contributed by atoms with van der Waals surface area (Å²) in [5, 5.41) is 6.77. The average Bonchev–Trinajstić information content (AvgIpc) is 2.66. The Kier molecular flexibility index (Phi) is 8.30. The first-order valence-electron chi connectivity index (χ1n) is 9.17. The van der Waals surface area contributed by atoms with E-state index in [1.54, 1.807) is 7.05 Å². The lowest BCUT2D eigenvalue weighted by Gasteiger charge is -2.38. The van der Waals surface area contributed by atoms with Gasteiger partial charge in [0.05, 0.1) is 16.8 Å². The molecular formula is C21H28IN3O2S. The first-order chi connectivity index (χ1) is 13.0. The van der Waals surface area contributed by atoms with Gasteiger partial charge in [0.1, 0.15) is 11.4 Å². The Morgan fingerprint density at radius 2 is 1.86 bits per heavy atom. The van der Waals surface area contributed by atoms with E-state index in [1.165, 1.54) is 0 Å². The maximum atomic E-state index is 12.3. The van der Waals surface area contributed by atoms with Crippen molar-refractivity contribution in [3.8, 4) is 5.75 Å². The van der Waals surface area contributed by atoms with Crippen LogP contribution in [0.3, 0.4) is 0 Å². The molecule has 2 unspecified atom stereocenters. The molecule has 0 aliphatic carbocycles. The molecule has 0 aromatic heterocycles. The smallest absolute Gasteiger partial charge is 0.191 e. The number of nitrogens with one attached hydrogen (secondary N) is 2. The normalized spacial score (nSPS) is 18.8. The van der Waals surface area contributed by atoms with Gasteiger partial charge in [-0.2, -0.15) is 0 Å². The number of benzene rings is 2. The van der Waals surface area contributed by atoms with Gasteiger partial charge in [0, 0.05) is 36.2 Å². The van der Waals surface area contributed by atoms with Crippen molar-refractivity contribution < 1.29 is 8.95 Å². The number of hydrogen-bond donors (Lipinski definition) is 2. The Morgan fingerprint density at radius 1 is 1.18 bits per heavy atom. The molecule has 0 saturated carbocycles. The van der Waals surface area contributed by atoms with Crippen LogP contribution in [0.1, 0.15) is 31.9 Å². The molecule has 28 heavy (non-hydrogen) atoms. The molecule has 0 spiro atoms. The van der Waals surface area contributed by atoms with Crippen LogP contribution in [0.25, 0.3) is 0 Å². The molecular weight excluding hydrogens is 485 g/mol. The molecule has 1 aliphatic heterocycles. The Balaban J connectivity index is 0.00000280. The molecule has 2 N–H and O–H groups in total. The fourth-order valence-electron chi connectivity index (χ4n) is 3.24. The first-order valence-corrected chi connectivity index (χ1v) is 10.5. The molecule has 0 saturated heterocycles. The van der Waals surface area contributed by atoms with E-state index in [0.29, 0.717) is 18.3 Å². The van der Waals surface area contributed by atoms with E-state index in [2.05, 4.69) is 35.5 Å². The molecule has 2 aromatic carbocycles. The Labute approximate surface area is 186 Å². The fraction of sp³-hybridized carbons (Fsp3) is 0.381. The molecule has 0 bridgehead atoms. The standard InChI is InChI=1S/C21H27N3O2S.HI/c1-21(2)15-18(17-11-7-8-12-19(17)26-21)24-20(22-3)23-13-14-27(25)16-9-5-4-6-10-16;/h4-12,18H,13-15H2,1-3H3,(H2,22,23,24);1H. The molecule has 3 rings (SSSR count). The second-order valence-corrected chi connectivity index (χ2v) is 8.73. The minimum absolute atomic E-state index is 0. The molecule has 1 aliphatic rings. The summed E-state index contributed by atoms with van der Waals surface area (Å²) < 4.78 is 18.4. The number of fused-ring (bicyclic) bond motifs is 1. The van der Waals surface area contributed by atoms with Gasteiger partial charge in [0.15, 0.2) is 5.96 Å². The van der Waals surface area contributed by atoms with Crippen LogP contribution < -0.4 is 15.4 Å². The number of aliphatic imine (C=N–C) groups is 1. The Bertz CT molecular complexity index is 827. The van der Waals surface area contributed by atoms with E-state index in [0.717, 1.165) is 22.6 Å². The second-order valence-electron chi connectivity index (χ2n) is 7.16. The molecule has 5 nitrogen and oxygen atoms in total. The van der Waals surface area contributed by atoms with Crippen molar-refractivity contribution >= 4 is 40.7 Å². The van der Waals surface area contributed by atoms with Gasteiger partial charge in [0.2, 0.25) is 0 Å². The van der Waals surface area contributed by atoms with Gasteiger partial charge < -0.3 is 15.4 Å². The van der Waals surface area contributed by atoms with Crippen molar-refractivity contribution in [2.75, 3.05) is 19.3 Å². The zero-order valence-corrected chi connectivity index (χ0v) is 19.6. The van der Waals surface area contributed by atoms with Gasteiger partial charge in [-0.05, 0) is 32.0 Å². The van der Waals surface area contributed by atoms with E-state index in [4.69, 9.17) is 4.74 Å². The number of hydrogen-bond acceptors (Lipinski definition) is 3. The zero-order chi connectivity index (χ0) is 19.3. The maximum Gasteiger partial charge on any atom is 0.191 e. The SMILES string of the molecule is CN=C(NCCS(=O)c1ccccc1)NC1CC(C)(C)Oc2ccccc21.I. The highest BCUT2D eigenvalue weighted by Gasteiger charge is 2.33. The summed E-state index contributed by atoms with van der Waals surface area (Å²) in [6.45, 7) is 4.77. The van der Waals surface area contributed by atoms with E-state index < -0.39 is 10.8 Å². The van der Waals surface area contributed by atoms with Crippen LogP contribution in [-0.2, 0) is 10.8 Å². The lowest BCUT2D eigenvalue weighted by Crippen LogP contribution is -2.46. The van der Waals surface area contributed by atoms with E-state index in [-0.39, 0.29) is 35.6 Å². The summed E-state index contributed by atoms with van der Waals surface area (Å²) in [5.41, 5.74) is 0.882. The van der Waals surface area contributed by atoms with E-state index in [1.807, 2.05) is 48.5 Å². The molecule has 1 heterocycles. The van der Waals surface area contributed by atoms with Gasteiger partial charge in [-0.3, -0.25) is 9.20 Å².